The van der Waals surface area contributed by atoms with Crippen molar-refractivity contribution in [1.82, 2.24) is 4.57 Å². The van der Waals surface area contributed by atoms with Crippen molar-refractivity contribution in [3.05, 3.63) is 35.5 Å². The summed E-state index contributed by atoms with van der Waals surface area (Å²) in [7, 11) is 0. The molecule has 2 aromatic rings. The molecule has 0 radical (unpaired) electrons. The summed E-state index contributed by atoms with van der Waals surface area (Å²) in [6.45, 7) is 5.82. The number of nitrogens with zero attached hydrogens (tertiary/aromatic N) is 1. The smallest absolute Gasteiger partial charge is 0.161 e. The molecule has 94 valence electrons. The van der Waals surface area contributed by atoms with Gasteiger partial charge in [-0.25, -0.2) is 0 Å². The van der Waals surface area contributed by atoms with Gasteiger partial charge in [0, 0.05) is 30.1 Å². The van der Waals surface area contributed by atoms with E-state index in [9.17, 15) is 9.59 Å². The van der Waals surface area contributed by atoms with E-state index in [1.54, 1.807) is 13.8 Å². The zero-order valence-corrected chi connectivity index (χ0v) is 11.0. The van der Waals surface area contributed by atoms with Gasteiger partial charge in [0.05, 0.1) is 5.52 Å². The van der Waals surface area contributed by atoms with Crippen molar-refractivity contribution in [3.63, 3.8) is 0 Å². The van der Waals surface area contributed by atoms with Gasteiger partial charge < -0.3 is 4.57 Å². The van der Waals surface area contributed by atoms with Crippen LogP contribution in [0.1, 0.15) is 36.2 Å². The first-order chi connectivity index (χ1) is 8.50. The molecule has 0 aliphatic heterocycles. The summed E-state index contributed by atoms with van der Waals surface area (Å²) in [5.74, 6) is 0.224. The van der Waals surface area contributed by atoms with Crippen molar-refractivity contribution in [1.29, 1.82) is 0 Å². The Morgan fingerprint density at radius 3 is 2.56 bits per heavy atom. The van der Waals surface area contributed by atoms with Crippen LogP contribution in [-0.4, -0.2) is 16.1 Å². The van der Waals surface area contributed by atoms with Crippen molar-refractivity contribution in [3.8, 4) is 0 Å². The third kappa shape index (κ3) is 2.21. The van der Waals surface area contributed by atoms with Crippen molar-refractivity contribution < 1.29 is 9.59 Å². The molecule has 0 amide bonds. The van der Waals surface area contributed by atoms with Gasteiger partial charge in [0.2, 0.25) is 0 Å². The third-order valence-corrected chi connectivity index (χ3v) is 3.18. The maximum Gasteiger partial charge on any atom is 0.161 e. The lowest BCUT2D eigenvalue weighted by Crippen LogP contribution is -2.02. The fourth-order valence-corrected chi connectivity index (χ4v) is 2.28. The summed E-state index contributed by atoms with van der Waals surface area (Å²) in [5.41, 5.74) is 2.92. The first-order valence-corrected chi connectivity index (χ1v) is 6.09. The third-order valence-electron chi connectivity index (χ3n) is 3.18. The lowest BCUT2D eigenvalue weighted by Gasteiger charge is -2.05. The number of hydrogen-bond donors (Lipinski definition) is 0. The molecule has 18 heavy (non-hydrogen) atoms. The highest BCUT2D eigenvalue weighted by molar-refractivity contribution is 6.07. The number of ketones is 2. The van der Waals surface area contributed by atoms with Crippen molar-refractivity contribution in [2.24, 2.45) is 0 Å². The van der Waals surface area contributed by atoms with Gasteiger partial charge >= 0.3 is 0 Å². The Morgan fingerprint density at radius 2 is 1.94 bits per heavy atom. The van der Waals surface area contributed by atoms with Gasteiger partial charge in [-0.05, 0) is 26.3 Å². The van der Waals surface area contributed by atoms with Gasteiger partial charge in [-0.15, -0.1) is 0 Å². The molecule has 1 aromatic carbocycles. The van der Waals surface area contributed by atoms with Crippen molar-refractivity contribution >= 4 is 22.5 Å². The van der Waals surface area contributed by atoms with Crippen molar-refractivity contribution in [2.75, 3.05) is 0 Å². The predicted octanol–water partition coefficient (Wildman–Crippen LogP) is 3.13. The fourth-order valence-electron chi connectivity index (χ4n) is 2.28. The van der Waals surface area contributed by atoms with Crippen LogP contribution in [0.5, 0.6) is 0 Å². The van der Waals surface area contributed by atoms with Crippen molar-refractivity contribution in [2.45, 2.75) is 33.7 Å². The average molecular weight is 243 g/mol. The minimum Gasteiger partial charge on any atom is -0.346 e. The number of para-hydroxylation sites is 1. The Hall–Kier alpha value is -1.90. The highest BCUT2D eigenvalue weighted by Gasteiger charge is 2.13. The second-order valence-electron chi connectivity index (χ2n) is 4.72. The first kappa shape index (κ1) is 12.6. The van der Waals surface area contributed by atoms with Crippen LogP contribution in [0.2, 0.25) is 0 Å². The topological polar surface area (TPSA) is 39.1 Å². The summed E-state index contributed by atoms with van der Waals surface area (Å²) in [6.07, 6.45) is 2.36. The standard InChI is InChI=1S/C15H17NO2/c1-10-5-4-6-13-14(12(3)18)9-16(15(10)13)8-7-11(2)17/h4-6,9H,7-8H2,1-3H3. The number of fused-ring (bicyclic) bond motifs is 1. The molecule has 2 rings (SSSR count). The SMILES string of the molecule is CC(=O)CCn1cc(C(C)=O)c2cccc(C)c21. The molecule has 0 bridgehead atoms. The second kappa shape index (κ2) is 4.77. The van der Waals surface area contributed by atoms with Gasteiger partial charge in [0.15, 0.2) is 5.78 Å². The Bertz CT molecular complexity index is 623. The maximum absolute atomic E-state index is 11.6. The molecule has 0 spiro atoms. The van der Waals surface area contributed by atoms with E-state index in [-0.39, 0.29) is 11.6 Å². The van der Waals surface area contributed by atoms with Gasteiger partial charge in [-0.3, -0.25) is 9.59 Å². The Labute approximate surface area is 106 Å². The summed E-state index contributed by atoms with van der Waals surface area (Å²) < 4.78 is 2.02. The minimum atomic E-state index is 0.0622. The number of aryl methyl sites for hydroxylation is 2. The van der Waals surface area contributed by atoms with Crippen LogP contribution in [0.3, 0.4) is 0 Å². The maximum atomic E-state index is 11.6. The number of hydrogen-bond acceptors (Lipinski definition) is 2. The van der Waals surface area contributed by atoms with Gasteiger partial charge in [-0.2, -0.15) is 0 Å². The summed E-state index contributed by atoms with van der Waals surface area (Å²) in [6, 6.07) is 5.94. The fraction of sp³-hybridized carbons (Fsp3) is 0.333. The lowest BCUT2D eigenvalue weighted by atomic mass is 10.1. The normalized spacial score (nSPS) is 10.8. The van der Waals surface area contributed by atoms with E-state index in [4.69, 9.17) is 0 Å². The molecular formula is C15H17NO2. The largest absolute Gasteiger partial charge is 0.346 e. The molecule has 0 aliphatic rings. The van der Waals surface area contributed by atoms with E-state index in [1.165, 1.54) is 0 Å². The first-order valence-electron chi connectivity index (χ1n) is 6.09. The van der Waals surface area contributed by atoms with E-state index >= 15 is 0 Å². The summed E-state index contributed by atoms with van der Waals surface area (Å²) in [5, 5.41) is 0.978. The predicted molar refractivity (Wildman–Crippen MR) is 72.0 cm³/mol. The van der Waals surface area contributed by atoms with Crippen LogP contribution in [0.25, 0.3) is 10.9 Å². The minimum absolute atomic E-state index is 0.0622. The second-order valence-corrected chi connectivity index (χ2v) is 4.72. The molecular weight excluding hydrogens is 226 g/mol. The molecule has 0 saturated heterocycles. The van der Waals surface area contributed by atoms with Crippen LogP contribution in [0.15, 0.2) is 24.4 Å². The van der Waals surface area contributed by atoms with Gasteiger partial charge in [0.1, 0.15) is 5.78 Å². The average Bonchev–Trinajstić information content (AvgIpc) is 2.67. The highest BCUT2D eigenvalue weighted by atomic mass is 16.1. The number of aromatic nitrogens is 1. The van der Waals surface area contributed by atoms with Gasteiger partial charge in [0.25, 0.3) is 0 Å². The number of carbonyl (C=O) groups excluding carboxylic acids is 2. The molecule has 0 saturated carbocycles. The van der Waals surface area contributed by atoms with E-state index in [0.29, 0.717) is 13.0 Å². The monoisotopic (exact) mass is 243 g/mol. The van der Waals surface area contributed by atoms with Crippen LogP contribution < -0.4 is 0 Å². The molecule has 3 nitrogen and oxygen atoms in total. The van der Waals surface area contributed by atoms with E-state index in [0.717, 1.165) is 22.0 Å². The summed E-state index contributed by atoms with van der Waals surface area (Å²) in [4.78, 5) is 22.7. The summed E-state index contributed by atoms with van der Waals surface area (Å²) >= 11 is 0. The van der Waals surface area contributed by atoms with Gasteiger partial charge in [-0.1, -0.05) is 18.2 Å². The number of benzene rings is 1. The number of Topliss-reactive ketones (excluding diaryl/α,β-unsaturated/α-hetero) is 2. The molecule has 0 aliphatic carbocycles. The lowest BCUT2D eigenvalue weighted by molar-refractivity contribution is -0.117. The quantitative estimate of drug-likeness (QED) is 0.774. The molecule has 0 unspecified atom stereocenters. The van der Waals surface area contributed by atoms with Crippen LogP contribution >= 0.6 is 0 Å². The number of carbonyl (C=O) groups is 2. The number of rotatable bonds is 4. The van der Waals surface area contributed by atoms with E-state index < -0.39 is 0 Å². The van der Waals surface area contributed by atoms with E-state index in [1.807, 2.05) is 35.9 Å². The highest BCUT2D eigenvalue weighted by Crippen LogP contribution is 2.25. The molecule has 3 heteroatoms. The van der Waals surface area contributed by atoms with Crippen LogP contribution in [0, 0.1) is 6.92 Å². The van der Waals surface area contributed by atoms with Crippen LogP contribution in [-0.2, 0) is 11.3 Å². The zero-order valence-electron chi connectivity index (χ0n) is 11.0. The van der Waals surface area contributed by atoms with Crippen LogP contribution in [0.4, 0.5) is 0 Å². The molecule has 1 aromatic heterocycles. The molecule has 0 fully saturated rings. The Balaban J connectivity index is 2.58. The Kier molecular flexibility index (Phi) is 3.32. The molecule has 1 heterocycles. The molecule has 0 atom stereocenters. The molecule has 0 N–H and O–H groups in total. The zero-order chi connectivity index (χ0) is 13.3. The van der Waals surface area contributed by atoms with E-state index in [2.05, 4.69) is 0 Å². The Morgan fingerprint density at radius 1 is 1.22 bits per heavy atom.